The number of nitrogens with one attached hydrogen (secondary N) is 2. The number of ether oxygens (including phenoxy) is 1. The molecule has 6 heteroatoms. The highest BCUT2D eigenvalue weighted by Gasteiger charge is 2.20. The molecule has 0 aromatic heterocycles. The molecule has 5 nitrogen and oxygen atoms in total. The standard InChI is InChI=1S/C22H20ClN3O2/c1-28-22(27)18-11-16(23)7-9-19(18)25-17-8-10-20-21(12-17)26(14-24-20)13-15-5-3-2-4-6-15/h2-12,24-25H,13-14H2,1H3. The second-order valence-electron chi connectivity index (χ2n) is 6.56. The maximum absolute atomic E-state index is 12.1. The highest BCUT2D eigenvalue weighted by Crippen LogP contribution is 2.36. The van der Waals surface area contributed by atoms with E-state index in [1.54, 1.807) is 18.2 Å². The molecule has 142 valence electrons. The largest absolute Gasteiger partial charge is 0.465 e. The number of fused-ring (bicyclic) bond motifs is 1. The molecule has 3 aromatic carbocycles. The fourth-order valence-electron chi connectivity index (χ4n) is 3.29. The van der Waals surface area contributed by atoms with Gasteiger partial charge < -0.3 is 20.3 Å². The molecular weight excluding hydrogens is 374 g/mol. The molecule has 0 spiro atoms. The Morgan fingerprint density at radius 2 is 1.96 bits per heavy atom. The average Bonchev–Trinajstić information content (AvgIpc) is 3.11. The minimum absolute atomic E-state index is 0.398. The molecule has 1 aliphatic rings. The third-order valence-corrected chi connectivity index (χ3v) is 4.92. The first kappa shape index (κ1) is 18.2. The Morgan fingerprint density at radius 1 is 1.14 bits per heavy atom. The zero-order chi connectivity index (χ0) is 19.5. The van der Waals surface area contributed by atoms with Crippen LogP contribution in [0.2, 0.25) is 5.02 Å². The number of halogens is 1. The van der Waals surface area contributed by atoms with Crippen LogP contribution in [-0.4, -0.2) is 19.7 Å². The summed E-state index contributed by atoms with van der Waals surface area (Å²) in [7, 11) is 1.36. The van der Waals surface area contributed by atoms with E-state index >= 15 is 0 Å². The van der Waals surface area contributed by atoms with Crippen molar-refractivity contribution in [3.05, 3.63) is 82.9 Å². The second kappa shape index (κ2) is 7.82. The van der Waals surface area contributed by atoms with Gasteiger partial charge in [0.15, 0.2) is 0 Å². The van der Waals surface area contributed by atoms with E-state index in [4.69, 9.17) is 16.3 Å². The molecule has 1 heterocycles. The van der Waals surface area contributed by atoms with Gasteiger partial charge in [-0.05, 0) is 42.0 Å². The van der Waals surface area contributed by atoms with Crippen LogP contribution in [0.5, 0.6) is 0 Å². The number of hydrogen-bond donors (Lipinski definition) is 2. The van der Waals surface area contributed by atoms with Crippen molar-refractivity contribution in [1.82, 2.24) is 0 Å². The Bertz CT molecular complexity index is 1010. The summed E-state index contributed by atoms with van der Waals surface area (Å²) in [5.74, 6) is -0.432. The number of carbonyl (C=O) groups excluding carboxylic acids is 1. The number of benzene rings is 3. The second-order valence-corrected chi connectivity index (χ2v) is 6.99. The van der Waals surface area contributed by atoms with Gasteiger partial charge in [0, 0.05) is 17.3 Å². The molecule has 4 rings (SSSR count). The van der Waals surface area contributed by atoms with Crippen molar-refractivity contribution in [2.75, 3.05) is 29.3 Å². The van der Waals surface area contributed by atoms with Crippen molar-refractivity contribution < 1.29 is 9.53 Å². The van der Waals surface area contributed by atoms with E-state index in [1.807, 2.05) is 30.3 Å². The average molecular weight is 394 g/mol. The van der Waals surface area contributed by atoms with E-state index in [-0.39, 0.29) is 0 Å². The van der Waals surface area contributed by atoms with Gasteiger partial charge >= 0.3 is 5.97 Å². The van der Waals surface area contributed by atoms with Gasteiger partial charge in [-0.15, -0.1) is 0 Å². The summed E-state index contributed by atoms with van der Waals surface area (Å²) in [6, 6.07) is 21.6. The lowest BCUT2D eigenvalue weighted by Crippen LogP contribution is -2.21. The number of carbonyl (C=O) groups is 1. The van der Waals surface area contributed by atoms with Gasteiger partial charge in [0.2, 0.25) is 0 Å². The summed E-state index contributed by atoms with van der Waals surface area (Å²) < 4.78 is 4.87. The van der Waals surface area contributed by atoms with Gasteiger partial charge in [-0.2, -0.15) is 0 Å². The van der Waals surface area contributed by atoms with E-state index in [2.05, 4.69) is 33.7 Å². The number of rotatable bonds is 5. The quantitative estimate of drug-likeness (QED) is 0.579. The monoisotopic (exact) mass is 393 g/mol. The van der Waals surface area contributed by atoms with Crippen molar-refractivity contribution in [2.24, 2.45) is 0 Å². The normalized spacial score (nSPS) is 12.3. The van der Waals surface area contributed by atoms with Gasteiger partial charge in [-0.25, -0.2) is 4.79 Å². The van der Waals surface area contributed by atoms with E-state index in [0.29, 0.717) is 16.3 Å². The van der Waals surface area contributed by atoms with Crippen LogP contribution in [0, 0.1) is 0 Å². The predicted molar refractivity (Wildman–Crippen MR) is 114 cm³/mol. The summed E-state index contributed by atoms with van der Waals surface area (Å²) in [6.45, 7) is 1.57. The lowest BCUT2D eigenvalue weighted by molar-refractivity contribution is 0.0602. The highest BCUT2D eigenvalue weighted by atomic mass is 35.5. The zero-order valence-corrected chi connectivity index (χ0v) is 16.2. The van der Waals surface area contributed by atoms with Gasteiger partial charge in [-0.1, -0.05) is 41.9 Å². The minimum Gasteiger partial charge on any atom is -0.465 e. The minimum atomic E-state index is -0.432. The zero-order valence-electron chi connectivity index (χ0n) is 15.4. The van der Waals surface area contributed by atoms with Crippen LogP contribution in [0.1, 0.15) is 15.9 Å². The van der Waals surface area contributed by atoms with Gasteiger partial charge in [0.25, 0.3) is 0 Å². The molecule has 0 saturated heterocycles. The summed E-state index contributed by atoms with van der Waals surface area (Å²) in [5.41, 5.74) is 5.38. The summed E-state index contributed by atoms with van der Waals surface area (Å²) in [4.78, 5) is 14.4. The number of methoxy groups -OCH3 is 1. The first-order valence-electron chi connectivity index (χ1n) is 8.96. The first-order chi connectivity index (χ1) is 13.6. The molecule has 0 fully saturated rings. The van der Waals surface area contributed by atoms with Crippen LogP contribution in [0.15, 0.2) is 66.7 Å². The van der Waals surface area contributed by atoms with Crippen molar-refractivity contribution in [2.45, 2.75) is 6.54 Å². The summed E-state index contributed by atoms with van der Waals surface area (Å²) in [6.07, 6.45) is 0. The maximum Gasteiger partial charge on any atom is 0.340 e. The fraction of sp³-hybridized carbons (Fsp3) is 0.136. The molecule has 0 amide bonds. The highest BCUT2D eigenvalue weighted by molar-refractivity contribution is 6.31. The molecule has 3 aromatic rings. The van der Waals surface area contributed by atoms with Crippen LogP contribution in [0.25, 0.3) is 0 Å². The van der Waals surface area contributed by atoms with E-state index < -0.39 is 5.97 Å². The molecule has 0 radical (unpaired) electrons. The number of nitrogens with zero attached hydrogens (tertiary/aromatic N) is 1. The SMILES string of the molecule is COC(=O)c1cc(Cl)ccc1Nc1ccc2c(c1)N(Cc1ccccc1)CN2. The van der Waals surface area contributed by atoms with Crippen LogP contribution in [0.3, 0.4) is 0 Å². The third kappa shape index (κ3) is 3.75. The van der Waals surface area contributed by atoms with Gasteiger partial charge in [-0.3, -0.25) is 0 Å². The summed E-state index contributed by atoms with van der Waals surface area (Å²) >= 11 is 6.04. The lowest BCUT2D eigenvalue weighted by Gasteiger charge is -2.19. The van der Waals surface area contributed by atoms with Crippen molar-refractivity contribution in [3.8, 4) is 0 Å². The molecule has 28 heavy (non-hydrogen) atoms. The van der Waals surface area contributed by atoms with Gasteiger partial charge in [0.05, 0.1) is 36.4 Å². The lowest BCUT2D eigenvalue weighted by atomic mass is 10.1. The van der Waals surface area contributed by atoms with Crippen LogP contribution >= 0.6 is 11.6 Å². The fourth-order valence-corrected chi connectivity index (χ4v) is 3.46. The molecule has 0 unspecified atom stereocenters. The molecule has 1 aliphatic heterocycles. The van der Waals surface area contributed by atoms with E-state index in [0.717, 1.165) is 30.3 Å². The van der Waals surface area contributed by atoms with Crippen LogP contribution in [0.4, 0.5) is 22.7 Å². The van der Waals surface area contributed by atoms with E-state index in [9.17, 15) is 4.79 Å². The Labute approximate surface area is 168 Å². The molecule has 0 bridgehead atoms. The number of hydrogen-bond acceptors (Lipinski definition) is 5. The topological polar surface area (TPSA) is 53.6 Å². The third-order valence-electron chi connectivity index (χ3n) is 4.68. The molecule has 0 atom stereocenters. The van der Waals surface area contributed by atoms with Crippen molar-refractivity contribution >= 4 is 40.3 Å². The summed E-state index contributed by atoms with van der Waals surface area (Å²) in [5, 5.41) is 7.21. The molecule has 0 saturated carbocycles. The smallest absolute Gasteiger partial charge is 0.340 e. The van der Waals surface area contributed by atoms with Crippen LogP contribution < -0.4 is 15.5 Å². The van der Waals surface area contributed by atoms with E-state index in [1.165, 1.54) is 12.7 Å². The molecule has 2 N–H and O–H groups in total. The maximum atomic E-state index is 12.1. The van der Waals surface area contributed by atoms with Gasteiger partial charge in [0.1, 0.15) is 0 Å². The molecular formula is C22H20ClN3O2. The van der Waals surface area contributed by atoms with Crippen molar-refractivity contribution in [1.29, 1.82) is 0 Å². The Balaban J connectivity index is 1.60. The first-order valence-corrected chi connectivity index (χ1v) is 9.33. The molecule has 0 aliphatic carbocycles. The predicted octanol–water partition coefficient (Wildman–Crippen LogP) is 5.26. The Morgan fingerprint density at radius 3 is 2.75 bits per heavy atom. The number of esters is 1. The Kier molecular flexibility index (Phi) is 5.08. The Hall–Kier alpha value is -3.18. The number of anilines is 4. The van der Waals surface area contributed by atoms with Crippen molar-refractivity contribution in [3.63, 3.8) is 0 Å². The van der Waals surface area contributed by atoms with Crippen LogP contribution in [-0.2, 0) is 11.3 Å².